The second-order valence-electron chi connectivity index (χ2n) is 3.34. The predicted molar refractivity (Wildman–Crippen MR) is 61.0 cm³/mol. The lowest BCUT2D eigenvalue weighted by atomic mass is 10.1. The highest BCUT2D eigenvalue weighted by Gasteiger charge is 2.11. The number of aryl methyl sites for hydroxylation is 1. The second kappa shape index (κ2) is 4.30. The molecule has 0 aromatic carbocycles. The maximum Gasteiger partial charge on any atom is 0.0931 e. The summed E-state index contributed by atoms with van der Waals surface area (Å²) in [5.41, 5.74) is 6.92. The molecule has 0 bridgehead atoms. The highest BCUT2D eigenvalue weighted by atomic mass is 35.5. The zero-order valence-electron chi connectivity index (χ0n) is 8.22. The molecule has 4 nitrogen and oxygen atoms in total. The van der Waals surface area contributed by atoms with Gasteiger partial charge in [0.1, 0.15) is 0 Å². The Morgan fingerprint density at radius 3 is 2.93 bits per heavy atom. The van der Waals surface area contributed by atoms with Gasteiger partial charge in [-0.3, -0.25) is 4.68 Å². The highest BCUT2D eigenvalue weighted by molar-refractivity contribution is 7.16. The van der Waals surface area contributed by atoms with E-state index in [0.717, 1.165) is 14.9 Å². The van der Waals surface area contributed by atoms with E-state index in [0.29, 0.717) is 6.42 Å². The summed E-state index contributed by atoms with van der Waals surface area (Å²) in [6.07, 6.45) is 2.56. The maximum absolute atomic E-state index is 6.02. The fraction of sp³-hybridized carbons (Fsp3) is 0.333. The van der Waals surface area contributed by atoms with E-state index in [1.54, 1.807) is 4.68 Å². The van der Waals surface area contributed by atoms with Gasteiger partial charge >= 0.3 is 0 Å². The average Bonchev–Trinajstić information content (AvgIpc) is 2.75. The molecular formula is C9H11ClN4S. The number of rotatable bonds is 3. The van der Waals surface area contributed by atoms with Crippen molar-refractivity contribution in [2.45, 2.75) is 12.5 Å². The monoisotopic (exact) mass is 242 g/mol. The molecule has 15 heavy (non-hydrogen) atoms. The molecule has 2 rings (SSSR count). The number of nitrogens with zero attached hydrogens (tertiary/aromatic N) is 3. The van der Waals surface area contributed by atoms with E-state index in [2.05, 4.69) is 10.3 Å². The summed E-state index contributed by atoms with van der Waals surface area (Å²) in [7, 11) is 1.84. The molecule has 0 spiro atoms. The number of nitrogens with two attached hydrogens (primary N) is 1. The molecule has 80 valence electrons. The van der Waals surface area contributed by atoms with E-state index in [1.165, 1.54) is 11.3 Å². The minimum atomic E-state index is -0.0563. The van der Waals surface area contributed by atoms with Gasteiger partial charge in [-0.25, -0.2) is 0 Å². The van der Waals surface area contributed by atoms with Gasteiger partial charge in [-0.2, -0.15) is 0 Å². The lowest BCUT2D eigenvalue weighted by Gasteiger charge is -2.05. The summed E-state index contributed by atoms with van der Waals surface area (Å²) in [5, 5.41) is 7.85. The molecule has 0 aliphatic heterocycles. The molecule has 2 aromatic rings. The predicted octanol–water partition coefficient (Wildman–Crippen LogP) is 1.77. The van der Waals surface area contributed by atoms with Crippen molar-refractivity contribution in [3.8, 4) is 0 Å². The molecule has 1 atom stereocenters. The second-order valence-corrected chi connectivity index (χ2v) is 5.08. The molecule has 6 heteroatoms. The summed E-state index contributed by atoms with van der Waals surface area (Å²) in [6, 6.07) is 3.76. The Labute approximate surface area is 96.7 Å². The highest BCUT2D eigenvalue weighted by Crippen LogP contribution is 2.27. The minimum absolute atomic E-state index is 0.0563. The van der Waals surface area contributed by atoms with Crippen LogP contribution in [0.5, 0.6) is 0 Å². The van der Waals surface area contributed by atoms with Crippen molar-refractivity contribution in [2.24, 2.45) is 12.8 Å². The molecule has 0 radical (unpaired) electrons. The van der Waals surface area contributed by atoms with E-state index in [4.69, 9.17) is 17.3 Å². The van der Waals surface area contributed by atoms with Gasteiger partial charge in [0.05, 0.1) is 10.0 Å². The van der Waals surface area contributed by atoms with E-state index in [1.807, 2.05) is 25.4 Å². The molecule has 1 unspecified atom stereocenters. The van der Waals surface area contributed by atoms with Gasteiger partial charge in [0, 0.05) is 30.6 Å². The van der Waals surface area contributed by atoms with Crippen LogP contribution in [0.2, 0.25) is 4.34 Å². The van der Waals surface area contributed by atoms with Crippen LogP contribution in [0, 0.1) is 0 Å². The first kappa shape index (κ1) is 10.6. The maximum atomic E-state index is 6.02. The van der Waals surface area contributed by atoms with E-state index in [-0.39, 0.29) is 6.04 Å². The van der Waals surface area contributed by atoms with Gasteiger partial charge in [-0.1, -0.05) is 16.8 Å². The van der Waals surface area contributed by atoms with Crippen LogP contribution in [-0.2, 0) is 13.5 Å². The molecular weight excluding hydrogens is 232 g/mol. The van der Waals surface area contributed by atoms with Crippen LogP contribution in [0.4, 0.5) is 0 Å². The third-order valence-corrected chi connectivity index (χ3v) is 3.40. The van der Waals surface area contributed by atoms with Crippen molar-refractivity contribution < 1.29 is 0 Å². The Bertz CT molecular complexity index is 450. The molecule has 0 saturated carbocycles. The van der Waals surface area contributed by atoms with E-state index in [9.17, 15) is 0 Å². The summed E-state index contributed by atoms with van der Waals surface area (Å²) in [5.74, 6) is 0. The first-order valence-electron chi connectivity index (χ1n) is 4.51. The summed E-state index contributed by atoms with van der Waals surface area (Å²) in [4.78, 5) is 1.07. The third-order valence-electron chi connectivity index (χ3n) is 2.04. The van der Waals surface area contributed by atoms with Crippen molar-refractivity contribution in [1.29, 1.82) is 0 Å². The Morgan fingerprint density at radius 2 is 2.40 bits per heavy atom. The van der Waals surface area contributed by atoms with Crippen molar-refractivity contribution >= 4 is 22.9 Å². The smallest absolute Gasteiger partial charge is 0.0931 e. The van der Waals surface area contributed by atoms with Crippen LogP contribution >= 0.6 is 22.9 Å². The van der Waals surface area contributed by atoms with Crippen LogP contribution < -0.4 is 5.73 Å². The summed E-state index contributed by atoms with van der Waals surface area (Å²) in [6.45, 7) is 0. The Morgan fingerprint density at radius 1 is 1.60 bits per heavy atom. The van der Waals surface area contributed by atoms with Crippen LogP contribution in [0.25, 0.3) is 0 Å². The summed E-state index contributed by atoms with van der Waals surface area (Å²) >= 11 is 7.35. The lowest BCUT2D eigenvalue weighted by Crippen LogP contribution is -2.11. The van der Waals surface area contributed by atoms with Crippen molar-refractivity contribution in [1.82, 2.24) is 15.0 Å². The number of hydrogen-bond acceptors (Lipinski definition) is 4. The molecule has 0 saturated heterocycles. The summed E-state index contributed by atoms with van der Waals surface area (Å²) < 4.78 is 2.43. The molecule has 2 aromatic heterocycles. The van der Waals surface area contributed by atoms with Crippen LogP contribution in [0.15, 0.2) is 18.3 Å². The quantitative estimate of drug-likeness (QED) is 0.893. The first-order valence-corrected chi connectivity index (χ1v) is 5.70. The number of halogens is 1. The van der Waals surface area contributed by atoms with Crippen molar-refractivity contribution in [2.75, 3.05) is 0 Å². The normalized spacial score (nSPS) is 13.0. The Kier molecular flexibility index (Phi) is 3.04. The molecule has 2 N–H and O–H groups in total. The molecule has 0 aliphatic rings. The van der Waals surface area contributed by atoms with Crippen molar-refractivity contribution in [3.05, 3.63) is 33.2 Å². The minimum Gasteiger partial charge on any atom is -0.323 e. The zero-order chi connectivity index (χ0) is 10.8. The molecule has 0 aliphatic carbocycles. The average molecular weight is 243 g/mol. The number of thiophene rings is 1. The number of aromatic nitrogens is 3. The third kappa shape index (κ3) is 2.56. The van der Waals surface area contributed by atoms with Gasteiger partial charge < -0.3 is 5.73 Å². The Hall–Kier alpha value is -0.910. The number of hydrogen-bond donors (Lipinski definition) is 1. The van der Waals surface area contributed by atoms with Gasteiger partial charge in [-0.15, -0.1) is 16.4 Å². The molecule has 0 amide bonds. The van der Waals surface area contributed by atoms with Crippen LogP contribution in [0.3, 0.4) is 0 Å². The largest absolute Gasteiger partial charge is 0.323 e. The standard InChI is InChI=1S/C9H11ClN4S/c1-14-5-6(12-13-14)4-7(11)8-2-3-9(10)15-8/h2-3,5,7H,4,11H2,1H3. The van der Waals surface area contributed by atoms with Gasteiger partial charge in [-0.05, 0) is 12.1 Å². The lowest BCUT2D eigenvalue weighted by molar-refractivity contribution is 0.700. The first-order chi connectivity index (χ1) is 7.15. The van der Waals surface area contributed by atoms with Crippen LogP contribution in [-0.4, -0.2) is 15.0 Å². The van der Waals surface area contributed by atoms with Gasteiger partial charge in [0.2, 0.25) is 0 Å². The van der Waals surface area contributed by atoms with Gasteiger partial charge in [0.25, 0.3) is 0 Å². The zero-order valence-corrected chi connectivity index (χ0v) is 9.79. The van der Waals surface area contributed by atoms with Crippen LogP contribution in [0.1, 0.15) is 16.6 Å². The van der Waals surface area contributed by atoms with E-state index < -0.39 is 0 Å². The van der Waals surface area contributed by atoms with Crippen molar-refractivity contribution in [3.63, 3.8) is 0 Å². The Balaban J connectivity index is 2.06. The topological polar surface area (TPSA) is 56.7 Å². The fourth-order valence-corrected chi connectivity index (χ4v) is 2.40. The van der Waals surface area contributed by atoms with E-state index >= 15 is 0 Å². The van der Waals surface area contributed by atoms with Gasteiger partial charge in [0.15, 0.2) is 0 Å². The molecule has 2 heterocycles. The SMILES string of the molecule is Cn1cc(CC(N)c2ccc(Cl)s2)nn1. The fourth-order valence-electron chi connectivity index (χ4n) is 1.34. The molecule has 0 fully saturated rings.